The van der Waals surface area contributed by atoms with Crippen LogP contribution in [0.5, 0.6) is 0 Å². The largest absolute Gasteiger partial charge is 0.383 e. The average molecular weight is 308 g/mol. The van der Waals surface area contributed by atoms with E-state index < -0.39 is 0 Å². The maximum Gasteiger partial charge on any atom is 0.163 e. The van der Waals surface area contributed by atoms with Crippen LogP contribution in [0.3, 0.4) is 0 Å². The Balaban J connectivity index is 2.42. The van der Waals surface area contributed by atoms with Gasteiger partial charge in [-0.2, -0.15) is 0 Å². The van der Waals surface area contributed by atoms with Gasteiger partial charge >= 0.3 is 0 Å². The monoisotopic (exact) mass is 307 g/mol. The molecule has 2 rings (SSSR count). The summed E-state index contributed by atoms with van der Waals surface area (Å²) in [6.45, 7) is 6.54. The summed E-state index contributed by atoms with van der Waals surface area (Å²) in [5, 5.41) is 0.403. The number of thioether (sulfide) groups is 1. The summed E-state index contributed by atoms with van der Waals surface area (Å²) in [5.41, 5.74) is 8.22. The molecule has 5 heteroatoms. The minimum Gasteiger partial charge on any atom is -0.383 e. The first kappa shape index (κ1) is 15.1. The molecule has 0 aliphatic carbocycles. The second-order valence-electron chi connectivity index (χ2n) is 5.58. The van der Waals surface area contributed by atoms with Gasteiger partial charge in [-0.05, 0) is 17.2 Å². The van der Waals surface area contributed by atoms with Gasteiger partial charge in [0.25, 0.3) is 0 Å². The zero-order chi connectivity index (χ0) is 14.9. The minimum atomic E-state index is 0.124. The highest BCUT2D eigenvalue weighted by Gasteiger charge is 2.15. The van der Waals surface area contributed by atoms with Crippen LogP contribution in [0, 0.1) is 0 Å². The second-order valence-corrected chi connectivity index (χ2v) is 6.76. The van der Waals surface area contributed by atoms with Crippen molar-refractivity contribution < 1.29 is 0 Å². The van der Waals surface area contributed by atoms with Crippen molar-refractivity contribution in [3.05, 3.63) is 35.0 Å². The molecule has 0 unspecified atom stereocenters. The molecular formula is C15H18ClN3S. The summed E-state index contributed by atoms with van der Waals surface area (Å²) >= 11 is 7.59. The van der Waals surface area contributed by atoms with Crippen LogP contribution in [-0.4, -0.2) is 16.2 Å². The molecule has 3 nitrogen and oxygen atoms in total. The summed E-state index contributed by atoms with van der Waals surface area (Å²) in [6, 6.07) is 8.19. The lowest BCUT2D eigenvalue weighted by Gasteiger charge is -2.19. The molecule has 20 heavy (non-hydrogen) atoms. The molecule has 1 aromatic heterocycles. The standard InChI is InChI=1S/C15H18ClN3S/c1-15(2,3)10-7-5-9(6-8-10)14-18-12(16)11(20-4)13(17)19-14/h5-8H,1-4H3,(H2,17,18,19). The van der Waals surface area contributed by atoms with Crippen molar-refractivity contribution in [2.45, 2.75) is 31.1 Å². The van der Waals surface area contributed by atoms with Crippen molar-refractivity contribution >= 4 is 29.2 Å². The maximum absolute atomic E-state index is 6.14. The second kappa shape index (κ2) is 5.62. The molecule has 1 heterocycles. The number of nitrogen functional groups attached to an aromatic ring is 1. The SMILES string of the molecule is CSc1c(N)nc(-c2ccc(C(C)(C)C)cc2)nc1Cl. The highest BCUT2D eigenvalue weighted by Crippen LogP contribution is 2.31. The van der Waals surface area contributed by atoms with Crippen LogP contribution in [0.4, 0.5) is 5.82 Å². The lowest BCUT2D eigenvalue weighted by Crippen LogP contribution is -2.10. The Hall–Kier alpha value is -1.26. The molecule has 1 aromatic carbocycles. The van der Waals surface area contributed by atoms with Crippen molar-refractivity contribution in [1.82, 2.24) is 9.97 Å². The molecule has 0 saturated carbocycles. The van der Waals surface area contributed by atoms with E-state index in [9.17, 15) is 0 Å². The zero-order valence-corrected chi connectivity index (χ0v) is 13.6. The van der Waals surface area contributed by atoms with E-state index in [2.05, 4.69) is 42.9 Å². The predicted octanol–water partition coefficient (Wildman–Crippen LogP) is 4.40. The molecule has 0 saturated heterocycles. The first-order valence-electron chi connectivity index (χ1n) is 6.31. The van der Waals surface area contributed by atoms with Crippen molar-refractivity contribution in [2.24, 2.45) is 0 Å². The highest BCUT2D eigenvalue weighted by molar-refractivity contribution is 7.98. The van der Waals surface area contributed by atoms with Crippen LogP contribution < -0.4 is 5.73 Å². The fourth-order valence-corrected chi connectivity index (χ4v) is 2.75. The Morgan fingerprint density at radius 1 is 1.10 bits per heavy atom. The van der Waals surface area contributed by atoms with Gasteiger partial charge in [-0.3, -0.25) is 0 Å². The number of rotatable bonds is 2. The highest BCUT2D eigenvalue weighted by atomic mass is 35.5. The average Bonchev–Trinajstić information content (AvgIpc) is 2.37. The Bertz CT molecular complexity index is 595. The van der Waals surface area contributed by atoms with Crippen molar-refractivity contribution in [1.29, 1.82) is 0 Å². The Labute approximate surface area is 129 Å². The molecule has 0 radical (unpaired) electrons. The number of anilines is 1. The lowest BCUT2D eigenvalue weighted by molar-refractivity contribution is 0.590. The van der Waals surface area contributed by atoms with E-state index in [-0.39, 0.29) is 5.41 Å². The van der Waals surface area contributed by atoms with Crippen LogP contribution in [0.15, 0.2) is 29.2 Å². The smallest absolute Gasteiger partial charge is 0.163 e. The van der Waals surface area contributed by atoms with Gasteiger partial charge in [-0.1, -0.05) is 56.6 Å². The van der Waals surface area contributed by atoms with E-state index in [0.717, 1.165) is 10.5 Å². The number of halogens is 1. The third-order valence-corrected chi connectivity index (χ3v) is 4.26. The van der Waals surface area contributed by atoms with Crippen LogP contribution in [-0.2, 0) is 5.41 Å². The quantitative estimate of drug-likeness (QED) is 0.660. The van der Waals surface area contributed by atoms with Gasteiger partial charge in [-0.15, -0.1) is 11.8 Å². The fourth-order valence-electron chi connectivity index (χ4n) is 1.88. The lowest BCUT2D eigenvalue weighted by atomic mass is 9.87. The van der Waals surface area contributed by atoms with Crippen LogP contribution in [0.25, 0.3) is 11.4 Å². The van der Waals surface area contributed by atoms with Gasteiger partial charge in [0, 0.05) is 5.56 Å². The van der Waals surface area contributed by atoms with E-state index in [1.54, 1.807) is 0 Å². The van der Waals surface area contributed by atoms with Crippen LogP contribution >= 0.6 is 23.4 Å². The van der Waals surface area contributed by atoms with E-state index in [1.165, 1.54) is 17.3 Å². The van der Waals surface area contributed by atoms with Gasteiger partial charge in [-0.25, -0.2) is 9.97 Å². The summed E-state index contributed by atoms with van der Waals surface area (Å²) in [7, 11) is 0. The van der Waals surface area contributed by atoms with Crippen molar-refractivity contribution in [2.75, 3.05) is 12.0 Å². The summed E-state index contributed by atoms with van der Waals surface area (Å²) in [4.78, 5) is 9.37. The van der Waals surface area contributed by atoms with Gasteiger partial charge in [0.05, 0.1) is 4.90 Å². The van der Waals surface area contributed by atoms with Crippen LogP contribution in [0.2, 0.25) is 5.15 Å². The number of aromatic nitrogens is 2. The molecule has 2 N–H and O–H groups in total. The molecular weight excluding hydrogens is 290 g/mol. The minimum absolute atomic E-state index is 0.124. The molecule has 0 aliphatic heterocycles. The van der Waals surface area contributed by atoms with Gasteiger partial charge < -0.3 is 5.73 Å². The zero-order valence-electron chi connectivity index (χ0n) is 12.1. The number of hydrogen-bond acceptors (Lipinski definition) is 4. The molecule has 0 bridgehead atoms. The van der Waals surface area contributed by atoms with E-state index in [4.69, 9.17) is 17.3 Å². The Morgan fingerprint density at radius 3 is 2.15 bits per heavy atom. The summed E-state index contributed by atoms with van der Waals surface area (Å²) in [5.74, 6) is 0.984. The third kappa shape index (κ3) is 3.07. The van der Waals surface area contributed by atoms with E-state index >= 15 is 0 Å². The van der Waals surface area contributed by atoms with E-state index in [0.29, 0.717) is 16.8 Å². The molecule has 0 atom stereocenters. The van der Waals surface area contributed by atoms with Crippen molar-refractivity contribution in [3.8, 4) is 11.4 Å². The van der Waals surface area contributed by atoms with Gasteiger partial charge in [0.1, 0.15) is 11.0 Å². The fraction of sp³-hybridized carbons (Fsp3) is 0.333. The normalized spacial score (nSPS) is 11.7. The predicted molar refractivity (Wildman–Crippen MR) is 87.4 cm³/mol. The van der Waals surface area contributed by atoms with Crippen LogP contribution in [0.1, 0.15) is 26.3 Å². The Kier molecular flexibility index (Phi) is 4.25. The first-order valence-corrected chi connectivity index (χ1v) is 7.91. The van der Waals surface area contributed by atoms with E-state index in [1.807, 2.05) is 18.4 Å². The molecule has 106 valence electrons. The maximum atomic E-state index is 6.14. The molecule has 0 spiro atoms. The molecule has 0 fully saturated rings. The summed E-state index contributed by atoms with van der Waals surface area (Å²) < 4.78 is 0. The number of nitrogens with two attached hydrogens (primary N) is 1. The van der Waals surface area contributed by atoms with Crippen molar-refractivity contribution in [3.63, 3.8) is 0 Å². The topological polar surface area (TPSA) is 51.8 Å². The summed E-state index contributed by atoms with van der Waals surface area (Å²) in [6.07, 6.45) is 1.90. The molecule has 2 aromatic rings. The number of nitrogens with zero attached hydrogens (tertiary/aromatic N) is 2. The van der Waals surface area contributed by atoms with Gasteiger partial charge in [0.15, 0.2) is 5.82 Å². The third-order valence-electron chi connectivity index (χ3n) is 3.06. The number of benzene rings is 1. The molecule has 0 amide bonds. The van der Waals surface area contributed by atoms with Gasteiger partial charge in [0.2, 0.25) is 0 Å². The Morgan fingerprint density at radius 2 is 1.70 bits per heavy atom. The molecule has 0 aliphatic rings. The first-order chi connectivity index (χ1) is 9.32. The number of hydrogen-bond donors (Lipinski definition) is 1.